The van der Waals surface area contributed by atoms with E-state index < -0.39 is 22.6 Å². The largest absolute Gasteiger partial charge is 0.423 e. The highest BCUT2D eigenvalue weighted by atomic mass is 19.1. The number of hydrazone groups is 1. The molecule has 0 fully saturated rings. The summed E-state index contributed by atoms with van der Waals surface area (Å²) in [4.78, 5) is 34.0. The Morgan fingerprint density at radius 2 is 1.67 bits per heavy atom. The molecule has 0 bridgehead atoms. The zero-order valence-electron chi connectivity index (χ0n) is 15.3. The molecule has 1 amide bonds. The number of nitrogens with one attached hydrogen (secondary N) is 1. The highest BCUT2D eigenvalue weighted by Crippen LogP contribution is 2.15. The second kappa shape index (κ2) is 9.20. The molecule has 3 aromatic carbocycles. The number of nitrogens with zero attached hydrogens (tertiary/aromatic N) is 2. The van der Waals surface area contributed by atoms with Crippen LogP contribution >= 0.6 is 0 Å². The first-order valence-electron chi connectivity index (χ1n) is 8.58. The Kier molecular flexibility index (Phi) is 6.23. The van der Waals surface area contributed by atoms with Crippen molar-refractivity contribution in [1.82, 2.24) is 5.43 Å². The van der Waals surface area contributed by atoms with Crippen molar-refractivity contribution in [2.45, 2.75) is 0 Å². The van der Waals surface area contributed by atoms with Gasteiger partial charge in [-0.1, -0.05) is 12.1 Å². The third-order valence-corrected chi connectivity index (χ3v) is 3.90. The molecule has 9 heteroatoms. The SMILES string of the molecule is O=C(N/N=C/c1ccc(OC(=O)c2ccccc2F)cc1)c1ccc([N+](=O)[O-])cc1. The van der Waals surface area contributed by atoms with E-state index in [0.29, 0.717) is 5.56 Å². The summed E-state index contributed by atoms with van der Waals surface area (Å²) in [5.41, 5.74) is 2.83. The maximum absolute atomic E-state index is 13.6. The number of benzene rings is 3. The molecule has 0 saturated heterocycles. The Morgan fingerprint density at radius 3 is 2.30 bits per heavy atom. The maximum atomic E-state index is 13.6. The summed E-state index contributed by atoms with van der Waals surface area (Å²) in [5.74, 6) is -1.80. The van der Waals surface area contributed by atoms with Gasteiger partial charge in [0.2, 0.25) is 0 Å². The molecule has 0 spiro atoms. The first-order valence-corrected chi connectivity index (χ1v) is 8.58. The molecular weight excluding hydrogens is 393 g/mol. The van der Waals surface area contributed by atoms with Gasteiger partial charge in [-0.2, -0.15) is 5.10 Å². The van der Waals surface area contributed by atoms with Crippen LogP contribution in [0.1, 0.15) is 26.3 Å². The standard InChI is InChI=1S/C21H14FN3O5/c22-19-4-2-1-3-18(19)21(27)30-17-11-5-14(6-12-17)13-23-24-20(26)15-7-9-16(10-8-15)25(28)29/h1-13H,(H,24,26)/b23-13+. The zero-order valence-corrected chi connectivity index (χ0v) is 15.3. The lowest BCUT2D eigenvalue weighted by Crippen LogP contribution is -2.17. The normalized spacial score (nSPS) is 10.6. The summed E-state index contributed by atoms with van der Waals surface area (Å²) in [6.45, 7) is 0. The molecule has 1 N–H and O–H groups in total. The second-order valence-corrected chi connectivity index (χ2v) is 5.94. The minimum atomic E-state index is -0.815. The van der Waals surface area contributed by atoms with Gasteiger partial charge >= 0.3 is 5.97 Å². The molecule has 0 aliphatic carbocycles. The number of nitro benzene ring substituents is 1. The van der Waals surface area contributed by atoms with Gasteiger partial charge in [-0.05, 0) is 54.1 Å². The van der Waals surface area contributed by atoms with Crippen LogP contribution in [0.4, 0.5) is 10.1 Å². The van der Waals surface area contributed by atoms with Crippen LogP contribution in [0, 0.1) is 15.9 Å². The molecule has 30 heavy (non-hydrogen) atoms. The van der Waals surface area contributed by atoms with E-state index in [1.165, 1.54) is 66.9 Å². The number of ether oxygens (including phenoxy) is 1. The quantitative estimate of drug-likeness (QED) is 0.220. The Hall–Kier alpha value is -4.40. The summed E-state index contributed by atoms with van der Waals surface area (Å²) < 4.78 is 18.7. The molecule has 150 valence electrons. The number of carbonyl (C=O) groups excluding carboxylic acids is 2. The van der Waals surface area contributed by atoms with E-state index >= 15 is 0 Å². The van der Waals surface area contributed by atoms with Gasteiger partial charge in [0.25, 0.3) is 11.6 Å². The number of halogens is 1. The van der Waals surface area contributed by atoms with Crippen molar-refractivity contribution in [3.05, 3.63) is 105 Å². The fourth-order valence-electron chi connectivity index (χ4n) is 2.38. The topological polar surface area (TPSA) is 111 Å². The number of amides is 1. The van der Waals surface area contributed by atoms with Gasteiger partial charge < -0.3 is 4.74 Å². The van der Waals surface area contributed by atoms with Crippen molar-refractivity contribution in [3.63, 3.8) is 0 Å². The molecule has 0 atom stereocenters. The molecule has 3 rings (SSSR count). The van der Waals surface area contributed by atoms with Gasteiger partial charge in [-0.25, -0.2) is 14.6 Å². The lowest BCUT2D eigenvalue weighted by atomic mass is 10.2. The molecule has 0 aromatic heterocycles. The number of carbonyl (C=O) groups is 2. The minimum absolute atomic E-state index is 0.120. The predicted octanol–water partition coefficient (Wildman–Crippen LogP) is 3.72. The number of rotatable bonds is 6. The monoisotopic (exact) mass is 407 g/mol. The van der Waals surface area contributed by atoms with Crippen LogP contribution in [0.2, 0.25) is 0 Å². The van der Waals surface area contributed by atoms with Gasteiger partial charge in [-0.15, -0.1) is 0 Å². The van der Waals surface area contributed by atoms with Gasteiger partial charge in [-0.3, -0.25) is 14.9 Å². The summed E-state index contributed by atoms with van der Waals surface area (Å²) in [7, 11) is 0. The van der Waals surface area contributed by atoms with E-state index in [2.05, 4.69) is 10.5 Å². The Balaban J connectivity index is 1.56. The van der Waals surface area contributed by atoms with Crippen LogP contribution in [-0.2, 0) is 0 Å². The van der Waals surface area contributed by atoms with Crippen LogP contribution in [-0.4, -0.2) is 23.0 Å². The molecule has 3 aromatic rings. The Bertz CT molecular complexity index is 1110. The summed E-state index contributed by atoms with van der Waals surface area (Å²) >= 11 is 0. The van der Waals surface area contributed by atoms with Crippen molar-refractivity contribution >= 4 is 23.8 Å². The van der Waals surface area contributed by atoms with Crippen molar-refractivity contribution in [1.29, 1.82) is 0 Å². The molecule has 0 heterocycles. The molecular formula is C21H14FN3O5. The number of non-ortho nitro benzene ring substituents is 1. The van der Waals surface area contributed by atoms with E-state index in [-0.39, 0.29) is 22.6 Å². The number of esters is 1. The van der Waals surface area contributed by atoms with Crippen LogP contribution in [0.25, 0.3) is 0 Å². The molecule has 0 aliphatic rings. The summed E-state index contributed by atoms with van der Waals surface area (Å²) in [6.07, 6.45) is 1.37. The molecule has 8 nitrogen and oxygen atoms in total. The van der Waals surface area contributed by atoms with Crippen LogP contribution < -0.4 is 10.2 Å². The minimum Gasteiger partial charge on any atom is -0.423 e. The van der Waals surface area contributed by atoms with E-state index in [9.17, 15) is 24.1 Å². The molecule has 0 radical (unpaired) electrons. The van der Waals surface area contributed by atoms with E-state index in [4.69, 9.17) is 4.74 Å². The third kappa shape index (κ3) is 5.10. The van der Waals surface area contributed by atoms with Crippen molar-refractivity contribution < 1.29 is 23.6 Å². The van der Waals surface area contributed by atoms with Crippen molar-refractivity contribution in [2.75, 3.05) is 0 Å². The van der Waals surface area contributed by atoms with E-state index in [1.54, 1.807) is 12.1 Å². The fourth-order valence-corrected chi connectivity index (χ4v) is 2.38. The van der Waals surface area contributed by atoms with E-state index in [1.807, 2.05) is 0 Å². The van der Waals surface area contributed by atoms with E-state index in [0.717, 1.165) is 0 Å². The third-order valence-electron chi connectivity index (χ3n) is 3.90. The van der Waals surface area contributed by atoms with Crippen LogP contribution in [0.15, 0.2) is 77.9 Å². The highest BCUT2D eigenvalue weighted by Gasteiger charge is 2.13. The molecule has 0 aliphatic heterocycles. The van der Waals surface area contributed by atoms with Gasteiger partial charge in [0, 0.05) is 17.7 Å². The van der Waals surface area contributed by atoms with Crippen molar-refractivity contribution in [3.8, 4) is 5.75 Å². The van der Waals surface area contributed by atoms with Crippen LogP contribution in [0.3, 0.4) is 0 Å². The fraction of sp³-hybridized carbons (Fsp3) is 0. The number of nitro groups is 1. The first kappa shape index (κ1) is 20.3. The maximum Gasteiger partial charge on any atom is 0.346 e. The van der Waals surface area contributed by atoms with Crippen LogP contribution in [0.5, 0.6) is 5.75 Å². The molecule has 0 unspecified atom stereocenters. The Labute approximate surface area is 169 Å². The van der Waals surface area contributed by atoms with Gasteiger partial charge in [0.1, 0.15) is 11.6 Å². The zero-order chi connectivity index (χ0) is 21.5. The summed E-state index contributed by atoms with van der Waals surface area (Å²) in [5, 5.41) is 14.4. The molecule has 0 saturated carbocycles. The number of hydrogen-bond donors (Lipinski definition) is 1. The van der Waals surface area contributed by atoms with Gasteiger partial charge in [0.15, 0.2) is 0 Å². The average Bonchev–Trinajstić information content (AvgIpc) is 2.75. The number of hydrogen-bond acceptors (Lipinski definition) is 6. The average molecular weight is 407 g/mol. The van der Waals surface area contributed by atoms with Gasteiger partial charge in [0.05, 0.1) is 16.7 Å². The first-order chi connectivity index (χ1) is 14.4. The predicted molar refractivity (Wildman–Crippen MR) is 106 cm³/mol. The lowest BCUT2D eigenvalue weighted by Gasteiger charge is -2.05. The smallest absolute Gasteiger partial charge is 0.346 e. The lowest BCUT2D eigenvalue weighted by molar-refractivity contribution is -0.384. The summed E-state index contributed by atoms with van der Waals surface area (Å²) in [6, 6.07) is 16.8. The second-order valence-electron chi connectivity index (χ2n) is 5.94. The van der Waals surface area contributed by atoms with Crippen molar-refractivity contribution in [2.24, 2.45) is 5.10 Å². The highest BCUT2D eigenvalue weighted by molar-refractivity contribution is 5.95. The Morgan fingerprint density at radius 1 is 1.00 bits per heavy atom.